The third-order valence-electron chi connectivity index (χ3n) is 9.06. The fourth-order valence-electron chi connectivity index (χ4n) is 5.94. The Kier molecular flexibility index (Phi) is 38.5. The molecule has 0 heterocycles. The molecule has 0 radical (unpaired) electrons. The lowest BCUT2D eigenvalue weighted by Crippen LogP contribution is -2.38. The van der Waals surface area contributed by atoms with Crippen LogP contribution in [-0.2, 0) is 9.59 Å². The summed E-state index contributed by atoms with van der Waals surface area (Å²) in [4.78, 5) is 24.0. The van der Waals surface area contributed by atoms with E-state index >= 15 is 0 Å². The normalized spacial score (nSPS) is 11.4. The molecule has 0 rings (SSSR count). The molecule has 0 spiro atoms. The van der Waals surface area contributed by atoms with Gasteiger partial charge in [0.2, 0.25) is 0 Å². The fourth-order valence-corrected chi connectivity index (χ4v) is 6.13. The molecular formula is C40H80ClNO2. The Balaban J connectivity index is 0. The zero-order chi connectivity index (χ0) is 33.0. The van der Waals surface area contributed by atoms with E-state index in [-0.39, 0.29) is 11.6 Å². The molecule has 3 nitrogen and oxygen atoms in total. The quantitative estimate of drug-likeness (QED) is 0.0432. The maximum atomic E-state index is 12.6. The van der Waals surface area contributed by atoms with Gasteiger partial charge in [-0.25, -0.2) is 0 Å². The Morgan fingerprint density at radius 3 is 0.750 bits per heavy atom. The van der Waals surface area contributed by atoms with Gasteiger partial charge in [-0.1, -0.05) is 194 Å². The first kappa shape index (κ1) is 45.7. The second kappa shape index (κ2) is 37.1. The lowest BCUT2D eigenvalue weighted by Gasteiger charge is -2.19. The van der Waals surface area contributed by atoms with Gasteiger partial charge in [0.15, 0.2) is 16.4 Å². The van der Waals surface area contributed by atoms with Gasteiger partial charge in [-0.15, -0.1) is 11.6 Å². The minimum atomic E-state index is -1.31. The Hall–Kier alpha value is -0.410. The molecule has 0 bridgehead atoms. The van der Waals surface area contributed by atoms with Crippen molar-refractivity contribution in [2.45, 2.75) is 231 Å². The van der Waals surface area contributed by atoms with Crippen LogP contribution in [0.5, 0.6) is 0 Å². The molecule has 0 aromatic rings. The van der Waals surface area contributed by atoms with E-state index in [4.69, 9.17) is 11.6 Å². The molecule has 0 saturated heterocycles. The van der Waals surface area contributed by atoms with Gasteiger partial charge in [0.1, 0.15) is 0 Å². The first-order valence-electron chi connectivity index (χ1n) is 19.7. The van der Waals surface area contributed by atoms with Crippen molar-refractivity contribution < 1.29 is 9.59 Å². The van der Waals surface area contributed by atoms with Crippen LogP contribution in [0.4, 0.5) is 0 Å². The van der Waals surface area contributed by atoms with E-state index in [2.05, 4.69) is 19.2 Å². The van der Waals surface area contributed by atoms with Crippen LogP contribution >= 0.6 is 11.6 Å². The van der Waals surface area contributed by atoms with Crippen molar-refractivity contribution >= 4 is 23.2 Å². The van der Waals surface area contributed by atoms with Crippen LogP contribution in [0.25, 0.3) is 0 Å². The van der Waals surface area contributed by atoms with E-state index in [1.54, 1.807) is 6.92 Å². The summed E-state index contributed by atoms with van der Waals surface area (Å²) in [6.07, 6.45) is 40.2. The summed E-state index contributed by atoms with van der Waals surface area (Å²) in [6, 6.07) is 0. The third kappa shape index (κ3) is 33.0. The highest BCUT2D eigenvalue weighted by molar-refractivity contribution is 6.46. The number of hydrogen-bond donors (Lipinski definition) is 1. The summed E-state index contributed by atoms with van der Waals surface area (Å²) < 4.78 is 0. The Labute approximate surface area is 282 Å². The maximum Gasteiger partial charge on any atom is 0.160 e. The van der Waals surface area contributed by atoms with Gasteiger partial charge in [-0.3, -0.25) is 9.59 Å². The largest absolute Gasteiger partial charge is 0.323 e. The number of rotatable bonds is 34. The molecule has 264 valence electrons. The van der Waals surface area contributed by atoms with Crippen LogP contribution in [0.3, 0.4) is 0 Å². The van der Waals surface area contributed by atoms with Gasteiger partial charge in [0.05, 0.1) is 0 Å². The molecule has 0 aliphatic heterocycles. The molecule has 0 atom stereocenters. The highest BCUT2D eigenvalue weighted by Gasteiger charge is 2.36. The fraction of sp³-hybridized carbons (Fsp3) is 0.950. The van der Waals surface area contributed by atoms with Crippen molar-refractivity contribution in [3.05, 3.63) is 0 Å². The average Bonchev–Trinajstić information content (AvgIpc) is 3.01. The number of ketones is 2. The molecule has 0 aliphatic rings. The van der Waals surface area contributed by atoms with E-state index in [0.717, 1.165) is 25.7 Å². The van der Waals surface area contributed by atoms with Crippen LogP contribution in [0.2, 0.25) is 0 Å². The van der Waals surface area contributed by atoms with Gasteiger partial charge in [-0.05, 0) is 33.9 Å². The Bertz CT molecular complexity index is 544. The van der Waals surface area contributed by atoms with Gasteiger partial charge >= 0.3 is 0 Å². The highest BCUT2D eigenvalue weighted by atomic mass is 35.5. The average molecular weight is 643 g/mol. The number of carbonyl (C=O) groups is 2. The molecular weight excluding hydrogens is 562 g/mol. The standard InChI is InChI=1S/C38H73ClO2.C2H7N/c1-4-6-8-10-12-14-16-18-20-22-24-26-28-30-32-34-36(40)38(3,39)37(41)35-33-31-29-27-25-23-21-19-17-15-13-11-9-7-5-2;1-3-2/h4-35H2,1-3H3;3H,1-2H3. The molecule has 0 fully saturated rings. The van der Waals surface area contributed by atoms with Gasteiger partial charge in [0, 0.05) is 12.8 Å². The first-order valence-corrected chi connectivity index (χ1v) is 20.1. The third-order valence-corrected chi connectivity index (χ3v) is 9.48. The van der Waals surface area contributed by atoms with Gasteiger partial charge in [0.25, 0.3) is 0 Å². The van der Waals surface area contributed by atoms with Crippen molar-refractivity contribution in [1.29, 1.82) is 0 Å². The molecule has 0 saturated carbocycles. The highest BCUT2D eigenvalue weighted by Crippen LogP contribution is 2.24. The van der Waals surface area contributed by atoms with Crippen LogP contribution < -0.4 is 5.32 Å². The van der Waals surface area contributed by atoms with Crippen molar-refractivity contribution in [1.82, 2.24) is 5.32 Å². The molecule has 4 heteroatoms. The summed E-state index contributed by atoms with van der Waals surface area (Å²) in [6.45, 7) is 6.19. The smallest absolute Gasteiger partial charge is 0.160 e. The number of hydrogen-bond acceptors (Lipinski definition) is 3. The number of unbranched alkanes of at least 4 members (excludes halogenated alkanes) is 28. The summed E-state index contributed by atoms with van der Waals surface area (Å²) in [5.41, 5.74) is 0. The number of halogens is 1. The van der Waals surface area contributed by atoms with Crippen LogP contribution in [-0.4, -0.2) is 30.5 Å². The second-order valence-electron chi connectivity index (χ2n) is 13.7. The lowest BCUT2D eigenvalue weighted by molar-refractivity contribution is -0.130. The molecule has 0 aromatic heterocycles. The maximum absolute atomic E-state index is 12.6. The topological polar surface area (TPSA) is 46.2 Å². The molecule has 0 aliphatic carbocycles. The number of alkyl halides is 1. The zero-order valence-corrected chi connectivity index (χ0v) is 31.6. The summed E-state index contributed by atoms with van der Waals surface area (Å²) >= 11 is 6.47. The van der Waals surface area contributed by atoms with E-state index in [9.17, 15) is 9.59 Å². The molecule has 1 N–H and O–H groups in total. The molecule has 0 amide bonds. The predicted octanol–water partition coefficient (Wildman–Crippen LogP) is 13.5. The number of Topliss-reactive ketones (excluding diaryl/α,β-unsaturated/α-hetero) is 2. The van der Waals surface area contributed by atoms with Crippen molar-refractivity contribution in [2.24, 2.45) is 0 Å². The Morgan fingerprint density at radius 1 is 0.409 bits per heavy atom. The van der Waals surface area contributed by atoms with Crippen molar-refractivity contribution in [3.8, 4) is 0 Å². The van der Waals surface area contributed by atoms with E-state index in [1.807, 2.05) is 14.1 Å². The second-order valence-corrected chi connectivity index (χ2v) is 14.5. The van der Waals surface area contributed by atoms with E-state index in [1.165, 1.54) is 167 Å². The van der Waals surface area contributed by atoms with Crippen LogP contribution in [0.15, 0.2) is 0 Å². The minimum Gasteiger partial charge on any atom is -0.323 e. The lowest BCUT2D eigenvalue weighted by atomic mass is 9.92. The number of nitrogens with one attached hydrogen (secondary N) is 1. The summed E-state index contributed by atoms with van der Waals surface area (Å²) in [5.74, 6) is -0.139. The SMILES string of the molecule is CCCCCCCCCCCCCCCCCC(=O)C(C)(Cl)C(=O)CCCCCCCCCCCCCCCCC.CNC. The Morgan fingerprint density at radius 2 is 0.568 bits per heavy atom. The van der Waals surface area contributed by atoms with Gasteiger partial charge < -0.3 is 5.32 Å². The summed E-state index contributed by atoms with van der Waals surface area (Å²) in [7, 11) is 3.75. The van der Waals surface area contributed by atoms with E-state index < -0.39 is 4.87 Å². The predicted molar refractivity (Wildman–Crippen MR) is 198 cm³/mol. The van der Waals surface area contributed by atoms with Crippen molar-refractivity contribution in [2.75, 3.05) is 14.1 Å². The minimum absolute atomic E-state index is 0.0696. The van der Waals surface area contributed by atoms with Crippen molar-refractivity contribution in [3.63, 3.8) is 0 Å². The van der Waals surface area contributed by atoms with Crippen LogP contribution in [0.1, 0.15) is 226 Å². The monoisotopic (exact) mass is 642 g/mol. The van der Waals surface area contributed by atoms with E-state index in [0.29, 0.717) is 12.8 Å². The molecule has 0 unspecified atom stereocenters. The molecule has 44 heavy (non-hydrogen) atoms. The van der Waals surface area contributed by atoms with Gasteiger partial charge in [-0.2, -0.15) is 0 Å². The zero-order valence-electron chi connectivity index (χ0n) is 30.8. The summed E-state index contributed by atoms with van der Waals surface area (Å²) in [5, 5.41) is 2.75. The number of carbonyl (C=O) groups excluding carboxylic acids is 2. The molecule has 0 aromatic carbocycles. The first-order chi connectivity index (χ1) is 21.4. The van der Waals surface area contributed by atoms with Crippen LogP contribution in [0, 0.1) is 0 Å².